The molecule has 0 bridgehead atoms. The van der Waals surface area contributed by atoms with E-state index in [0.717, 1.165) is 18.6 Å². The molecule has 0 spiro atoms. The first-order chi connectivity index (χ1) is 8.81. The highest BCUT2D eigenvalue weighted by atomic mass is 16.5. The first-order valence-corrected chi connectivity index (χ1v) is 6.23. The molecule has 0 saturated carbocycles. The summed E-state index contributed by atoms with van der Waals surface area (Å²) in [6, 6.07) is 3.68. The van der Waals surface area contributed by atoms with Gasteiger partial charge in [-0.15, -0.1) is 0 Å². The van der Waals surface area contributed by atoms with E-state index in [4.69, 9.17) is 13.9 Å². The smallest absolute Gasteiger partial charge is 0.252 e. The second kappa shape index (κ2) is 6.56. The molecular formula is C13H19NO4. The highest BCUT2D eigenvalue weighted by Gasteiger charge is 2.28. The maximum atomic E-state index is 12.3. The molecule has 1 aliphatic heterocycles. The third kappa shape index (κ3) is 3.34. The van der Waals surface area contributed by atoms with Gasteiger partial charge in [-0.3, -0.25) is 4.79 Å². The lowest BCUT2D eigenvalue weighted by Gasteiger charge is -2.24. The van der Waals surface area contributed by atoms with Crippen molar-refractivity contribution in [2.45, 2.75) is 25.5 Å². The number of rotatable bonds is 6. The van der Waals surface area contributed by atoms with Crippen LogP contribution in [0, 0.1) is 0 Å². The van der Waals surface area contributed by atoms with Crippen LogP contribution in [0.1, 0.15) is 18.6 Å². The zero-order chi connectivity index (χ0) is 12.8. The van der Waals surface area contributed by atoms with E-state index < -0.39 is 0 Å². The van der Waals surface area contributed by atoms with Gasteiger partial charge in [0.1, 0.15) is 11.9 Å². The van der Waals surface area contributed by atoms with Crippen molar-refractivity contribution in [3.8, 4) is 0 Å². The van der Waals surface area contributed by atoms with E-state index in [9.17, 15) is 4.79 Å². The molecule has 1 amide bonds. The van der Waals surface area contributed by atoms with Gasteiger partial charge in [-0.2, -0.15) is 0 Å². The van der Waals surface area contributed by atoms with Gasteiger partial charge in [-0.05, 0) is 25.0 Å². The molecule has 0 radical (unpaired) electrons. The Balaban J connectivity index is 1.96. The van der Waals surface area contributed by atoms with Crippen LogP contribution in [0.5, 0.6) is 0 Å². The summed E-state index contributed by atoms with van der Waals surface area (Å²) >= 11 is 0. The first kappa shape index (κ1) is 13.1. The second-order valence-electron chi connectivity index (χ2n) is 4.33. The maximum absolute atomic E-state index is 12.3. The molecule has 0 aliphatic carbocycles. The number of ether oxygens (including phenoxy) is 2. The lowest BCUT2D eigenvalue weighted by Crippen LogP contribution is -2.40. The number of carbonyl (C=O) groups is 1. The zero-order valence-corrected chi connectivity index (χ0v) is 10.6. The van der Waals surface area contributed by atoms with Gasteiger partial charge in [0.25, 0.3) is 5.91 Å². The van der Waals surface area contributed by atoms with Crippen LogP contribution in [0.15, 0.2) is 22.8 Å². The molecule has 5 nitrogen and oxygen atoms in total. The average molecular weight is 253 g/mol. The van der Waals surface area contributed by atoms with Crippen LogP contribution in [0.2, 0.25) is 0 Å². The van der Waals surface area contributed by atoms with Crippen molar-refractivity contribution < 1.29 is 18.7 Å². The lowest BCUT2D eigenvalue weighted by atomic mass is 10.2. The predicted octanol–water partition coefficient (Wildman–Crippen LogP) is 1.43. The maximum Gasteiger partial charge on any atom is 0.252 e. The van der Waals surface area contributed by atoms with Crippen molar-refractivity contribution in [2.24, 2.45) is 0 Å². The fourth-order valence-electron chi connectivity index (χ4n) is 2.04. The van der Waals surface area contributed by atoms with Crippen LogP contribution in [0.25, 0.3) is 0 Å². The molecule has 2 rings (SSSR count). The van der Waals surface area contributed by atoms with Gasteiger partial charge in [0, 0.05) is 20.3 Å². The summed E-state index contributed by atoms with van der Waals surface area (Å²) in [7, 11) is 1.63. The molecule has 1 aromatic heterocycles. The van der Waals surface area contributed by atoms with Gasteiger partial charge in [-0.25, -0.2) is 0 Å². The van der Waals surface area contributed by atoms with Gasteiger partial charge in [0.2, 0.25) is 0 Å². The van der Waals surface area contributed by atoms with Crippen LogP contribution in [-0.2, 0) is 20.8 Å². The van der Waals surface area contributed by atoms with Crippen LogP contribution in [0.3, 0.4) is 0 Å². The Morgan fingerprint density at radius 3 is 3.11 bits per heavy atom. The Labute approximate surface area is 107 Å². The molecule has 1 aliphatic rings. The number of amides is 1. The van der Waals surface area contributed by atoms with E-state index in [1.807, 2.05) is 12.1 Å². The van der Waals surface area contributed by atoms with E-state index >= 15 is 0 Å². The van der Waals surface area contributed by atoms with E-state index in [1.54, 1.807) is 18.3 Å². The van der Waals surface area contributed by atoms with Gasteiger partial charge >= 0.3 is 0 Å². The van der Waals surface area contributed by atoms with Crippen molar-refractivity contribution in [1.82, 2.24) is 4.90 Å². The van der Waals surface area contributed by atoms with E-state index in [0.29, 0.717) is 26.3 Å². The molecule has 5 heteroatoms. The lowest BCUT2D eigenvalue weighted by molar-refractivity contribution is -0.142. The predicted molar refractivity (Wildman–Crippen MR) is 65.0 cm³/mol. The molecule has 1 saturated heterocycles. The minimum absolute atomic E-state index is 0.0287. The number of carbonyl (C=O) groups excluding carboxylic acids is 1. The third-order valence-corrected chi connectivity index (χ3v) is 3.01. The highest BCUT2D eigenvalue weighted by Crippen LogP contribution is 2.16. The Kier molecular flexibility index (Phi) is 4.78. The third-order valence-electron chi connectivity index (χ3n) is 3.01. The summed E-state index contributed by atoms with van der Waals surface area (Å²) in [6.45, 7) is 2.21. The topological polar surface area (TPSA) is 51.9 Å². The monoisotopic (exact) mass is 253 g/mol. The van der Waals surface area contributed by atoms with E-state index in [-0.39, 0.29) is 12.0 Å². The Morgan fingerprint density at radius 2 is 2.50 bits per heavy atom. The molecular weight excluding hydrogens is 234 g/mol. The number of methoxy groups -OCH3 is 1. The molecule has 100 valence electrons. The molecule has 1 unspecified atom stereocenters. The first-order valence-electron chi connectivity index (χ1n) is 6.23. The summed E-state index contributed by atoms with van der Waals surface area (Å²) < 4.78 is 15.8. The Hall–Kier alpha value is -1.33. The van der Waals surface area contributed by atoms with Crippen molar-refractivity contribution >= 4 is 5.91 Å². The van der Waals surface area contributed by atoms with Gasteiger partial charge in [0.15, 0.2) is 0 Å². The summed E-state index contributed by atoms with van der Waals surface area (Å²) in [4.78, 5) is 14.0. The minimum Gasteiger partial charge on any atom is -0.467 e. The summed E-state index contributed by atoms with van der Waals surface area (Å²) in [5, 5.41) is 0. The fraction of sp³-hybridized carbons (Fsp3) is 0.615. The van der Waals surface area contributed by atoms with E-state index in [1.165, 1.54) is 0 Å². The summed E-state index contributed by atoms with van der Waals surface area (Å²) in [6.07, 6.45) is 3.08. The van der Waals surface area contributed by atoms with E-state index in [2.05, 4.69) is 0 Å². The molecule has 1 atom stereocenters. The van der Waals surface area contributed by atoms with Gasteiger partial charge < -0.3 is 18.8 Å². The number of furan rings is 1. The number of nitrogens with zero attached hydrogens (tertiary/aromatic N) is 1. The van der Waals surface area contributed by atoms with Crippen LogP contribution in [0.4, 0.5) is 0 Å². The molecule has 0 aromatic carbocycles. The Bertz CT molecular complexity index is 357. The standard InChI is InChI=1S/C13H19NO4/c1-16-9-6-14(10-11-4-2-7-17-11)13(15)12-5-3-8-18-12/h2,4,7,12H,3,5-6,8-10H2,1H3. The number of hydrogen-bond acceptors (Lipinski definition) is 4. The quantitative estimate of drug-likeness (QED) is 0.769. The summed E-state index contributed by atoms with van der Waals surface area (Å²) in [5.41, 5.74) is 0. The highest BCUT2D eigenvalue weighted by molar-refractivity contribution is 5.81. The van der Waals surface area contributed by atoms with Gasteiger partial charge in [-0.1, -0.05) is 0 Å². The van der Waals surface area contributed by atoms with Crippen LogP contribution in [-0.4, -0.2) is 43.8 Å². The van der Waals surface area contributed by atoms with Crippen LogP contribution < -0.4 is 0 Å². The van der Waals surface area contributed by atoms with Crippen molar-refractivity contribution in [3.63, 3.8) is 0 Å². The minimum atomic E-state index is -0.295. The number of hydrogen-bond donors (Lipinski definition) is 0. The van der Waals surface area contributed by atoms with Crippen molar-refractivity contribution in [1.29, 1.82) is 0 Å². The zero-order valence-electron chi connectivity index (χ0n) is 10.6. The molecule has 18 heavy (non-hydrogen) atoms. The molecule has 2 heterocycles. The Morgan fingerprint density at radius 1 is 1.61 bits per heavy atom. The van der Waals surface area contributed by atoms with Crippen molar-refractivity contribution in [2.75, 3.05) is 26.9 Å². The second-order valence-corrected chi connectivity index (χ2v) is 4.33. The average Bonchev–Trinajstić information content (AvgIpc) is 3.06. The van der Waals surface area contributed by atoms with Crippen LogP contribution >= 0.6 is 0 Å². The largest absolute Gasteiger partial charge is 0.467 e. The molecule has 1 fully saturated rings. The summed E-state index contributed by atoms with van der Waals surface area (Å²) in [5.74, 6) is 0.804. The molecule has 1 aromatic rings. The van der Waals surface area contributed by atoms with Gasteiger partial charge in [0.05, 0.1) is 19.4 Å². The SMILES string of the molecule is COCCN(Cc1ccco1)C(=O)C1CCCO1. The van der Waals surface area contributed by atoms with Crippen molar-refractivity contribution in [3.05, 3.63) is 24.2 Å². The normalized spacial score (nSPS) is 19.1. The fourth-order valence-corrected chi connectivity index (χ4v) is 2.04. The molecule has 0 N–H and O–H groups in total.